The minimum atomic E-state index is -0.618. The second-order valence-corrected chi connectivity index (χ2v) is 5.32. The first-order chi connectivity index (χ1) is 8.22. The van der Waals surface area contributed by atoms with E-state index in [1.807, 2.05) is 11.8 Å². The average molecular weight is 271 g/mol. The first-order valence-electron chi connectivity index (χ1n) is 5.25. The number of hydrogen-bond donors (Lipinski definition) is 1. The standard InChI is InChI=1S/C11H11ClN2O2S/c12-10(16)7-3-4-8(9-2-1-5-17-9)14-11(7)13-6-15/h3-4,6,9H,1-2,5H2,(H,13,14,15). The molecule has 6 heteroatoms. The first-order valence-corrected chi connectivity index (χ1v) is 6.67. The molecule has 0 aliphatic carbocycles. The van der Waals surface area contributed by atoms with Crippen molar-refractivity contribution in [2.75, 3.05) is 11.1 Å². The molecule has 1 N–H and O–H groups in total. The molecule has 0 radical (unpaired) electrons. The van der Waals surface area contributed by atoms with Crippen LogP contribution in [0.15, 0.2) is 12.1 Å². The van der Waals surface area contributed by atoms with Gasteiger partial charge in [0.25, 0.3) is 5.24 Å². The molecule has 0 aromatic carbocycles. The van der Waals surface area contributed by atoms with E-state index in [1.54, 1.807) is 12.1 Å². The molecule has 1 saturated heterocycles. The molecule has 0 spiro atoms. The van der Waals surface area contributed by atoms with Gasteiger partial charge < -0.3 is 5.32 Å². The lowest BCUT2D eigenvalue weighted by molar-refractivity contribution is -0.105. The molecule has 1 aliphatic rings. The van der Waals surface area contributed by atoms with Crippen LogP contribution < -0.4 is 5.32 Å². The Morgan fingerprint density at radius 1 is 1.59 bits per heavy atom. The highest BCUT2D eigenvalue weighted by molar-refractivity contribution is 7.99. The summed E-state index contributed by atoms with van der Waals surface area (Å²) >= 11 is 7.26. The van der Waals surface area contributed by atoms with E-state index < -0.39 is 5.24 Å². The minimum Gasteiger partial charge on any atom is -0.313 e. The third kappa shape index (κ3) is 2.79. The minimum absolute atomic E-state index is 0.227. The number of hydrogen-bond acceptors (Lipinski definition) is 4. The van der Waals surface area contributed by atoms with Gasteiger partial charge in [-0.05, 0) is 42.3 Å². The van der Waals surface area contributed by atoms with Gasteiger partial charge in [-0.15, -0.1) is 0 Å². The first kappa shape index (κ1) is 12.4. The van der Waals surface area contributed by atoms with Gasteiger partial charge in [0.15, 0.2) is 0 Å². The summed E-state index contributed by atoms with van der Waals surface area (Å²) in [6.07, 6.45) is 2.74. The zero-order valence-corrected chi connectivity index (χ0v) is 10.6. The molecular weight excluding hydrogens is 260 g/mol. The molecule has 2 rings (SSSR count). The topological polar surface area (TPSA) is 59.1 Å². The zero-order chi connectivity index (χ0) is 12.3. The summed E-state index contributed by atoms with van der Waals surface area (Å²) in [7, 11) is 0. The zero-order valence-electron chi connectivity index (χ0n) is 8.98. The molecule has 0 saturated carbocycles. The molecule has 2 heterocycles. The van der Waals surface area contributed by atoms with Gasteiger partial charge in [-0.1, -0.05) is 0 Å². The van der Waals surface area contributed by atoms with E-state index >= 15 is 0 Å². The van der Waals surface area contributed by atoms with Gasteiger partial charge in [-0.25, -0.2) is 4.98 Å². The van der Waals surface area contributed by atoms with E-state index in [4.69, 9.17) is 11.6 Å². The van der Waals surface area contributed by atoms with Gasteiger partial charge in [0, 0.05) is 5.25 Å². The number of halogens is 1. The fraction of sp³-hybridized carbons (Fsp3) is 0.364. The van der Waals surface area contributed by atoms with Gasteiger partial charge in [0.2, 0.25) is 6.41 Å². The van der Waals surface area contributed by atoms with E-state index in [9.17, 15) is 9.59 Å². The van der Waals surface area contributed by atoms with Crippen LogP contribution in [-0.2, 0) is 4.79 Å². The van der Waals surface area contributed by atoms with Crippen LogP contribution >= 0.6 is 23.4 Å². The molecule has 90 valence electrons. The number of nitrogens with one attached hydrogen (secondary N) is 1. The maximum absolute atomic E-state index is 11.1. The van der Waals surface area contributed by atoms with Gasteiger partial charge in [-0.3, -0.25) is 9.59 Å². The quantitative estimate of drug-likeness (QED) is 0.675. The van der Waals surface area contributed by atoms with Crippen LogP contribution in [0.4, 0.5) is 5.82 Å². The highest BCUT2D eigenvalue weighted by atomic mass is 35.5. The number of thioether (sulfide) groups is 1. The molecule has 1 fully saturated rings. The third-order valence-electron chi connectivity index (χ3n) is 2.58. The van der Waals surface area contributed by atoms with E-state index in [0.29, 0.717) is 11.7 Å². The van der Waals surface area contributed by atoms with Gasteiger partial charge in [-0.2, -0.15) is 11.8 Å². The number of pyridine rings is 1. The molecule has 1 aromatic rings. The largest absolute Gasteiger partial charge is 0.313 e. The number of carbonyl (C=O) groups is 2. The van der Waals surface area contributed by atoms with Crippen LogP contribution in [0.5, 0.6) is 0 Å². The number of carbonyl (C=O) groups excluding carboxylic acids is 2. The molecule has 1 atom stereocenters. The molecule has 1 amide bonds. The van der Waals surface area contributed by atoms with Crippen molar-refractivity contribution in [3.8, 4) is 0 Å². The predicted octanol–water partition coefficient (Wildman–Crippen LogP) is 2.60. The van der Waals surface area contributed by atoms with Gasteiger partial charge in [0.1, 0.15) is 5.82 Å². The fourth-order valence-electron chi connectivity index (χ4n) is 1.79. The lowest BCUT2D eigenvalue weighted by atomic mass is 10.1. The maximum Gasteiger partial charge on any atom is 0.256 e. The van der Waals surface area contributed by atoms with Crippen LogP contribution in [0.2, 0.25) is 0 Å². The summed E-state index contributed by atoms with van der Waals surface area (Å²) < 4.78 is 0. The maximum atomic E-state index is 11.1. The van der Waals surface area contributed by atoms with Crippen LogP contribution in [0.3, 0.4) is 0 Å². The summed E-state index contributed by atoms with van der Waals surface area (Å²) in [5.41, 5.74) is 1.11. The lowest BCUT2D eigenvalue weighted by Crippen LogP contribution is -2.06. The Bertz CT molecular complexity index is 447. The van der Waals surface area contributed by atoms with E-state index in [0.717, 1.165) is 17.9 Å². The van der Waals surface area contributed by atoms with Gasteiger partial charge in [0.05, 0.1) is 11.3 Å². The fourth-order valence-corrected chi connectivity index (χ4v) is 3.19. The Morgan fingerprint density at radius 2 is 2.41 bits per heavy atom. The van der Waals surface area contributed by atoms with Crippen molar-refractivity contribution >= 4 is 40.8 Å². The Labute approximate surface area is 108 Å². The summed E-state index contributed by atoms with van der Waals surface area (Å²) in [4.78, 5) is 25.9. The Balaban J connectivity index is 2.33. The lowest BCUT2D eigenvalue weighted by Gasteiger charge is -2.11. The normalized spacial score (nSPS) is 19.0. The second-order valence-electron chi connectivity index (χ2n) is 3.67. The highest BCUT2D eigenvalue weighted by Crippen LogP contribution is 2.39. The summed E-state index contributed by atoms with van der Waals surface area (Å²) in [6.45, 7) is 0. The van der Waals surface area contributed by atoms with Crippen molar-refractivity contribution in [1.29, 1.82) is 0 Å². The van der Waals surface area contributed by atoms with Crippen molar-refractivity contribution in [3.05, 3.63) is 23.4 Å². The third-order valence-corrected chi connectivity index (χ3v) is 4.19. The Kier molecular flexibility index (Phi) is 4.02. The van der Waals surface area contributed by atoms with E-state index in [2.05, 4.69) is 10.3 Å². The van der Waals surface area contributed by atoms with Crippen molar-refractivity contribution in [1.82, 2.24) is 4.98 Å². The second kappa shape index (κ2) is 5.51. The molecule has 17 heavy (non-hydrogen) atoms. The molecule has 0 bridgehead atoms. The SMILES string of the molecule is O=CNc1nc(C2CCCS2)ccc1C(=O)Cl. The number of nitrogens with zero attached hydrogens (tertiary/aromatic N) is 1. The Morgan fingerprint density at radius 3 is 3.00 bits per heavy atom. The summed E-state index contributed by atoms with van der Waals surface area (Å²) in [6, 6.07) is 3.41. The predicted molar refractivity (Wildman–Crippen MR) is 68.5 cm³/mol. The van der Waals surface area contributed by atoms with Crippen molar-refractivity contribution in [2.45, 2.75) is 18.1 Å². The molecule has 1 unspecified atom stereocenters. The van der Waals surface area contributed by atoms with Gasteiger partial charge >= 0.3 is 0 Å². The number of amides is 1. The number of aromatic nitrogens is 1. The summed E-state index contributed by atoms with van der Waals surface area (Å²) in [5, 5.41) is 2.15. The Hall–Kier alpha value is -1.07. The molecule has 1 aromatic heterocycles. The monoisotopic (exact) mass is 270 g/mol. The van der Waals surface area contributed by atoms with Crippen LogP contribution in [-0.4, -0.2) is 22.4 Å². The highest BCUT2D eigenvalue weighted by Gasteiger charge is 2.21. The van der Waals surface area contributed by atoms with Crippen LogP contribution in [0.1, 0.15) is 34.1 Å². The summed E-state index contributed by atoms with van der Waals surface area (Å²) in [5.74, 6) is 1.36. The molecule has 1 aliphatic heterocycles. The average Bonchev–Trinajstić information content (AvgIpc) is 2.82. The van der Waals surface area contributed by atoms with Crippen LogP contribution in [0.25, 0.3) is 0 Å². The van der Waals surface area contributed by atoms with E-state index in [1.165, 1.54) is 6.42 Å². The smallest absolute Gasteiger partial charge is 0.256 e. The number of anilines is 1. The molecular formula is C11H11ClN2O2S. The molecule has 4 nitrogen and oxygen atoms in total. The van der Waals surface area contributed by atoms with Crippen molar-refractivity contribution in [3.63, 3.8) is 0 Å². The van der Waals surface area contributed by atoms with E-state index in [-0.39, 0.29) is 11.4 Å². The van der Waals surface area contributed by atoms with Crippen molar-refractivity contribution < 1.29 is 9.59 Å². The van der Waals surface area contributed by atoms with Crippen molar-refractivity contribution in [2.24, 2.45) is 0 Å². The van der Waals surface area contributed by atoms with Crippen LogP contribution in [0, 0.1) is 0 Å². The number of rotatable bonds is 4.